The van der Waals surface area contributed by atoms with Gasteiger partial charge in [-0.3, -0.25) is 4.79 Å². The molecule has 214 valence electrons. The van der Waals surface area contributed by atoms with Crippen LogP contribution >= 0.6 is 0 Å². The molecule has 0 bridgehead atoms. The van der Waals surface area contributed by atoms with Crippen molar-refractivity contribution in [3.63, 3.8) is 0 Å². The third kappa shape index (κ3) is 5.58. The van der Waals surface area contributed by atoms with Gasteiger partial charge in [-0.2, -0.15) is 5.26 Å². The number of para-hydroxylation sites is 1. The smallest absolute Gasteiger partial charge is 0.226 e. The molecule has 3 atom stereocenters. The predicted octanol–water partition coefficient (Wildman–Crippen LogP) is 4.78. The average Bonchev–Trinajstić information content (AvgIpc) is 3.60. The second kappa shape index (κ2) is 10.6. The van der Waals surface area contributed by atoms with Crippen LogP contribution in [0.3, 0.4) is 0 Å². The predicted molar refractivity (Wildman–Crippen MR) is 149 cm³/mol. The van der Waals surface area contributed by atoms with Gasteiger partial charge in [0.05, 0.1) is 23.5 Å². The number of anilines is 1. The molecule has 0 unspecified atom stereocenters. The molecule has 2 saturated carbocycles. The standard InChI is InChI=1S/C30H30F2N4O4S/c31-20-7-5-19(6-8-20)29-34-26(23-3-1-2-4-25(23)36-13-15-41(38,39)16-14-36)27(40-29)22-10-9-21(32)17-24(22)28(37)35-30(18-33)11-12-30/h1-8,21-22,24H,9-17H2,(H,35,37)/t21-,22+,24+/m0/s1. The van der Waals surface area contributed by atoms with Gasteiger partial charge in [-0.25, -0.2) is 22.2 Å². The number of nitriles is 1. The molecule has 3 aromatic rings. The first-order chi connectivity index (χ1) is 19.7. The van der Waals surface area contributed by atoms with Crippen molar-refractivity contribution in [2.45, 2.75) is 49.7 Å². The Labute approximate surface area is 237 Å². The summed E-state index contributed by atoms with van der Waals surface area (Å²) in [7, 11) is -3.11. The first-order valence-corrected chi connectivity index (χ1v) is 15.7. The molecule has 41 heavy (non-hydrogen) atoms. The summed E-state index contributed by atoms with van der Waals surface area (Å²) in [6.07, 6.45) is 0.545. The third-order valence-corrected chi connectivity index (χ3v) is 9.98. The van der Waals surface area contributed by atoms with Crippen molar-refractivity contribution < 1.29 is 26.4 Å². The fraction of sp³-hybridized carbons (Fsp3) is 0.433. The number of amides is 1. The topological polar surface area (TPSA) is 116 Å². The zero-order chi connectivity index (χ0) is 28.8. The molecule has 2 aliphatic carbocycles. The number of carbonyl (C=O) groups is 1. The second-order valence-electron chi connectivity index (χ2n) is 11.2. The van der Waals surface area contributed by atoms with Crippen molar-refractivity contribution in [3.8, 4) is 28.8 Å². The third-order valence-electron chi connectivity index (χ3n) is 8.38. The minimum Gasteiger partial charge on any atom is -0.440 e. The van der Waals surface area contributed by atoms with Crippen molar-refractivity contribution in [3.05, 3.63) is 60.1 Å². The van der Waals surface area contributed by atoms with E-state index in [1.54, 1.807) is 12.1 Å². The van der Waals surface area contributed by atoms with E-state index in [1.807, 2.05) is 29.2 Å². The Balaban J connectivity index is 1.44. The maximum Gasteiger partial charge on any atom is 0.226 e. The van der Waals surface area contributed by atoms with E-state index in [9.17, 15) is 27.3 Å². The van der Waals surface area contributed by atoms with Gasteiger partial charge in [0.15, 0.2) is 9.84 Å². The van der Waals surface area contributed by atoms with E-state index < -0.39 is 39.2 Å². The molecule has 11 heteroatoms. The Hall–Kier alpha value is -3.78. The van der Waals surface area contributed by atoms with Crippen LogP contribution in [0.5, 0.6) is 0 Å². The minimum absolute atomic E-state index is 0.00430. The number of hydrogen-bond acceptors (Lipinski definition) is 7. The number of alkyl halides is 1. The quantitative estimate of drug-likeness (QED) is 0.446. The summed E-state index contributed by atoms with van der Waals surface area (Å²) in [4.78, 5) is 20.3. The van der Waals surface area contributed by atoms with Gasteiger partial charge < -0.3 is 14.6 Å². The van der Waals surface area contributed by atoms with Gasteiger partial charge in [-0.05, 0) is 62.4 Å². The monoisotopic (exact) mass is 580 g/mol. The van der Waals surface area contributed by atoms with Crippen LogP contribution < -0.4 is 10.2 Å². The van der Waals surface area contributed by atoms with E-state index in [4.69, 9.17) is 9.40 Å². The molecular weight excluding hydrogens is 550 g/mol. The first kappa shape index (κ1) is 27.4. The molecule has 8 nitrogen and oxygen atoms in total. The van der Waals surface area contributed by atoms with Gasteiger partial charge in [0, 0.05) is 35.8 Å². The highest BCUT2D eigenvalue weighted by atomic mass is 32.2. The normalized spacial score (nSPS) is 24.8. The van der Waals surface area contributed by atoms with Gasteiger partial charge in [0.1, 0.15) is 29.0 Å². The molecule has 0 radical (unpaired) electrons. The summed E-state index contributed by atoms with van der Waals surface area (Å²) in [5.74, 6) is -1.33. The number of aromatic nitrogens is 1. The van der Waals surface area contributed by atoms with E-state index in [0.717, 1.165) is 5.69 Å². The van der Waals surface area contributed by atoms with Gasteiger partial charge in [-0.1, -0.05) is 18.2 Å². The van der Waals surface area contributed by atoms with Crippen LogP contribution in [0.15, 0.2) is 52.9 Å². The zero-order valence-electron chi connectivity index (χ0n) is 22.4. The second-order valence-corrected chi connectivity index (χ2v) is 13.5. The molecule has 3 aliphatic rings. The first-order valence-electron chi connectivity index (χ1n) is 13.9. The Morgan fingerprint density at radius 2 is 1.80 bits per heavy atom. The Bertz CT molecular complexity index is 1600. The molecule has 3 fully saturated rings. The molecule has 2 aromatic carbocycles. The number of sulfone groups is 1. The van der Waals surface area contributed by atoms with Gasteiger partial charge in [0.2, 0.25) is 11.8 Å². The number of benzene rings is 2. The lowest BCUT2D eigenvalue weighted by Crippen LogP contribution is -2.44. The Kier molecular flexibility index (Phi) is 7.06. The lowest BCUT2D eigenvalue weighted by Gasteiger charge is -2.33. The lowest BCUT2D eigenvalue weighted by molar-refractivity contribution is -0.128. The van der Waals surface area contributed by atoms with Crippen molar-refractivity contribution >= 4 is 21.4 Å². The molecule has 1 amide bonds. The number of rotatable bonds is 6. The van der Waals surface area contributed by atoms with Crippen molar-refractivity contribution in [2.24, 2.45) is 5.92 Å². The molecule has 6 rings (SSSR count). The van der Waals surface area contributed by atoms with Crippen LogP contribution in [0, 0.1) is 23.1 Å². The summed E-state index contributed by atoms with van der Waals surface area (Å²) in [5, 5.41) is 12.4. The number of halogens is 2. The lowest BCUT2D eigenvalue weighted by atomic mass is 9.75. The molecule has 2 heterocycles. The van der Waals surface area contributed by atoms with Crippen molar-refractivity contribution in [2.75, 3.05) is 29.5 Å². The molecule has 1 aromatic heterocycles. The van der Waals surface area contributed by atoms with E-state index in [0.29, 0.717) is 54.9 Å². The molecule has 0 spiro atoms. The maximum absolute atomic E-state index is 14.7. The van der Waals surface area contributed by atoms with Crippen LogP contribution in [-0.2, 0) is 14.6 Å². The van der Waals surface area contributed by atoms with Crippen molar-refractivity contribution in [1.29, 1.82) is 5.26 Å². The van der Waals surface area contributed by atoms with Gasteiger partial charge >= 0.3 is 0 Å². The van der Waals surface area contributed by atoms with Crippen LogP contribution in [0.1, 0.15) is 43.8 Å². The van der Waals surface area contributed by atoms with E-state index in [-0.39, 0.29) is 36.1 Å². The van der Waals surface area contributed by atoms with Crippen LogP contribution in [0.25, 0.3) is 22.7 Å². The molecular formula is C30H30F2N4O4S. The maximum atomic E-state index is 14.7. The van der Waals surface area contributed by atoms with E-state index >= 15 is 0 Å². The molecule has 1 saturated heterocycles. The van der Waals surface area contributed by atoms with E-state index in [1.165, 1.54) is 12.1 Å². The highest BCUT2D eigenvalue weighted by molar-refractivity contribution is 7.91. The van der Waals surface area contributed by atoms with Crippen LogP contribution in [-0.4, -0.2) is 55.6 Å². The Morgan fingerprint density at radius 3 is 2.49 bits per heavy atom. The fourth-order valence-corrected chi connectivity index (χ4v) is 7.04. The molecule has 1 aliphatic heterocycles. The highest BCUT2D eigenvalue weighted by Crippen LogP contribution is 2.47. The number of nitrogens with one attached hydrogen (secondary N) is 1. The summed E-state index contributed by atoms with van der Waals surface area (Å²) in [6.45, 7) is 0.650. The van der Waals surface area contributed by atoms with Gasteiger partial charge in [-0.15, -0.1) is 0 Å². The van der Waals surface area contributed by atoms with E-state index in [2.05, 4.69) is 11.4 Å². The fourth-order valence-electron chi connectivity index (χ4n) is 5.84. The largest absolute Gasteiger partial charge is 0.440 e. The van der Waals surface area contributed by atoms with Crippen LogP contribution in [0.4, 0.5) is 14.5 Å². The van der Waals surface area contributed by atoms with Crippen LogP contribution in [0.2, 0.25) is 0 Å². The molecule has 1 N–H and O–H groups in total. The number of nitrogens with zero attached hydrogens (tertiary/aromatic N) is 3. The number of hydrogen-bond donors (Lipinski definition) is 1. The summed E-state index contributed by atoms with van der Waals surface area (Å²) >= 11 is 0. The number of oxazole rings is 1. The SMILES string of the molecule is N#CC1(NC(=O)[C@@H]2C[C@@H](F)CC[C@H]2c2oc(-c3ccc(F)cc3)nc2-c2ccccc2N2CCS(=O)(=O)CC2)CC1. The summed E-state index contributed by atoms with van der Waals surface area (Å²) < 4.78 is 59.0. The summed E-state index contributed by atoms with van der Waals surface area (Å²) in [6, 6.07) is 15.4. The Morgan fingerprint density at radius 1 is 1.10 bits per heavy atom. The zero-order valence-corrected chi connectivity index (χ0v) is 23.2. The van der Waals surface area contributed by atoms with Gasteiger partial charge in [0.25, 0.3) is 0 Å². The summed E-state index contributed by atoms with van der Waals surface area (Å²) in [5.41, 5.74) is 1.62. The highest BCUT2D eigenvalue weighted by Gasteiger charge is 2.48. The average molecular weight is 581 g/mol. The van der Waals surface area contributed by atoms with Crippen molar-refractivity contribution in [1.82, 2.24) is 10.3 Å². The minimum atomic E-state index is -3.11. The number of carbonyl (C=O) groups excluding carboxylic acids is 1.